The van der Waals surface area contributed by atoms with E-state index in [0.29, 0.717) is 39.1 Å². The standard InChI is InChI=1S/C12H22N2O3/c1-4-17-9-5-6-10(15)14-8-7-13-11(16)12(14,2)3/h4-9H2,1-3H3,(H,13,16). The van der Waals surface area contributed by atoms with Crippen LogP contribution in [0.1, 0.15) is 33.6 Å². The summed E-state index contributed by atoms with van der Waals surface area (Å²) in [7, 11) is 0. The number of hydrogen-bond donors (Lipinski definition) is 1. The predicted molar refractivity (Wildman–Crippen MR) is 64.5 cm³/mol. The molecule has 1 rings (SSSR count). The lowest BCUT2D eigenvalue weighted by Gasteiger charge is -2.41. The molecule has 5 nitrogen and oxygen atoms in total. The number of hydrogen-bond acceptors (Lipinski definition) is 3. The molecule has 0 unspecified atom stereocenters. The molecule has 1 N–H and O–H groups in total. The first-order valence-electron chi connectivity index (χ1n) is 6.16. The summed E-state index contributed by atoms with van der Waals surface area (Å²) >= 11 is 0. The van der Waals surface area contributed by atoms with Crippen molar-refractivity contribution < 1.29 is 14.3 Å². The highest BCUT2D eigenvalue weighted by Gasteiger charge is 2.39. The summed E-state index contributed by atoms with van der Waals surface area (Å²) < 4.78 is 5.19. The van der Waals surface area contributed by atoms with Crippen LogP contribution in [0.15, 0.2) is 0 Å². The van der Waals surface area contributed by atoms with Crippen molar-refractivity contribution in [3.8, 4) is 0 Å². The van der Waals surface area contributed by atoms with E-state index in [1.54, 1.807) is 18.7 Å². The number of ether oxygens (including phenoxy) is 1. The van der Waals surface area contributed by atoms with Gasteiger partial charge in [-0.05, 0) is 27.2 Å². The van der Waals surface area contributed by atoms with Crippen LogP contribution in [0.4, 0.5) is 0 Å². The van der Waals surface area contributed by atoms with E-state index in [-0.39, 0.29) is 11.8 Å². The Morgan fingerprint density at radius 2 is 2.24 bits per heavy atom. The summed E-state index contributed by atoms with van der Waals surface area (Å²) in [6.45, 7) is 7.89. The summed E-state index contributed by atoms with van der Waals surface area (Å²) in [5.74, 6) is -0.0496. The van der Waals surface area contributed by atoms with Gasteiger partial charge < -0.3 is 15.0 Å². The summed E-state index contributed by atoms with van der Waals surface area (Å²) in [5.41, 5.74) is -0.735. The number of nitrogens with one attached hydrogen (secondary N) is 1. The lowest BCUT2D eigenvalue weighted by Crippen LogP contribution is -2.63. The Bertz CT molecular complexity index is 289. The summed E-state index contributed by atoms with van der Waals surface area (Å²) in [4.78, 5) is 25.4. The number of nitrogens with zero attached hydrogens (tertiary/aromatic N) is 1. The lowest BCUT2D eigenvalue weighted by atomic mass is 9.98. The molecule has 1 aliphatic rings. The summed E-state index contributed by atoms with van der Waals surface area (Å²) in [5, 5.41) is 2.78. The van der Waals surface area contributed by atoms with Crippen molar-refractivity contribution in [1.82, 2.24) is 10.2 Å². The smallest absolute Gasteiger partial charge is 0.245 e. The normalized spacial score (nSPS) is 19.0. The first-order chi connectivity index (χ1) is 8.00. The van der Waals surface area contributed by atoms with Crippen LogP contribution < -0.4 is 5.32 Å². The van der Waals surface area contributed by atoms with Gasteiger partial charge >= 0.3 is 0 Å². The van der Waals surface area contributed by atoms with E-state index in [0.717, 1.165) is 0 Å². The maximum Gasteiger partial charge on any atom is 0.245 e. The Balaban J connectivity index is 2.47. The first-order valence-corrected chi connectivity index (χ1v) is 6.16. The Morgan fingerprint density at radius 1 is 1.53 bits per heavy atom. The van der Waals surface area contributed by atoms with Crippen LogP contribution in [0.3, 0.4) is 0 Å². The van der Waals surface area contributed by atoms with Gasteiger partial charge in [-0.15, -0.1) is 0 Å². The van der Waals surface area contributed by atoms with E-state index < -0.39 is 5.54 Å². The highest BCUT2D eigenvalue weighted by Crippen LogP contribution is 2.19. The van der Waals surface area contributed by atoms with Crippen molar-refractivity contribution in [3.05, 3.63) is 0 Å². The second kappa shape index (κ2) is 6.00. The molecule has 0 aromatic rings. The Kier molecular flexibility index (Phi) is 4.93. The SMILES string of the molecule is CCOCCCC(=O)N1CCNC(=O)C1(C)C. The molecule has 0 aromatic heterocycles. The molecule has 1 fully saturated rings. The number of amides is 2. The van der Waals surface area contributed by atoms with Gasteiger partial charge in [-0.1, -0.05) is 0 Å². The highest BCUT2D eigenvalue weighted by molar-refractivity contribution is 5.91. The number of rotatable bonds is 5. The fourth-order valence-corrected chi connectivity index (χ4v) is 1.94. The molecule has 1 aliphatic heterocycles. The van der Waals surface area contributed by atoms with E-state index in [1.807, 2.05) is 6.92 Å². The van der Waals surface area contributed by atoms with Gasteiger partial charge in [0.25, 0.3) is 0 Å². The number of carbonyl (C=O) groups excluding carboxylic acids is 2. The van der Waals surface area contributed by atoms with Gasteiger partial charge in [0.1, 0.15) is 5.54 Å². The number of carbonyl (C=O) groups is 2. The molecular weight excluding hydrogens is 220 g/mol. The molecule has 0 spiro atoms. The largest absolute Gasteiger partial charge is 0.382 e. The zero-order valence-corrected chi connectivity index (χ0v) is 10.9. The molecule has 0 saturated carbocycles. The predicted octanol–water partition coefficient (Wildman–Crippen LogP) is 0.540. The molecule has 0 bridgehead atoms. The zero-order valence-electron chi connectivity index (χ0n) is 10.9. The summed E-state index contributed by atoms with van der Waals surface area (Å²) in [6.07, 6.45) is 1.15. The van der Waals surface area contributed by atoms with Crippen LogP contribution in [-0.4, -0.2) is 48.6 Å². The molecule has 2 amide bonds. The van der Waals surface area contributed by atoms with E-state index >= 15 is 0 Å². The van der Waals surface area contributed by atoms with Crippen molar-refractivity contribution in [1.29, 1.82) is 0 Å². The first kappa shape index (κ1) is 14.0. The van der Waals surface area contributed by atoms with Crippen molar-refractivity contribution in [3.63, 3.8) is 0 Å². The maximum atomic E-state index is 12.0. The van der Waals surface area contributed by atoms with Crippen molar-refractivity contribution in [2.24, 2.45) is 0 Å². The van der Waals surface area contributed by atoms with Gasteiger partial charge in [0.15, 0.2) is 0 Å². The Labute approximate surface area is 102 Å². The Hall–Kier alpha value is -1.10. The molecule has 98 valence electrons. The van der Waals surface area contributed by atoms with Gasteiger partial charge in [-0.25, -0.2) is 0 Å². The van der Waals surface area contributed by atoms with Crippen LogP contribution in [0.25, 0.3) is 0 Å². The average Bonchev–Trinajstić information content (AvgIpc) is 2.28. The highest BCUT2D eigenvalue weighted by atomic mass is 16.5. The summed E-state index contributed by atoms with van der Waals surface area (Å²) in [6, 6.07) is 0. The van der Waals surface area contributed by atoms with Gasteiger partial charge in [-0.3, -0.25) is 9.59 Å². The van der Waals surface area contributed by atoms with Gasteiger partial charge in [-0.2, -0.15) is 0 Å². The van der Waals surface area contributed by atoms with Crippen molar-refractivity contribution in [2.75, 3.05) is 26.3 Å². The van der Waals surface area contributed by atoms with Crippen LogP contribution in [0.5, 0.6) is 0 Å². The van der Waals surface area contributed by atoms with Gasteiger partial charge in [0, 0.05) is 32.7 Å². The van der Waals surface area contributed by atoms with Gasteiger partial charge in [0.2, 0.25) is 11.8 Å². The van der Waals surface area contributed by atoms with Crippen LogP contribution >= 0.6 is 0 Å². The van der Waals surface area contributed by atoms with E-state index in [4.69, 9.17) is 4.74 Å². The van der Waals surface area contributed by atoms with E-state index in [1.165, 1.54) is 0 Å². The molecule has 0 aliphatic carbocycles. The van der Waals surface area contributed by atoms with Gasteiger partial charge in [0.05, 0.1) is 0 Å². The minimum absolute atomic E-state index is 0.0320. The third-order valence-corrected chi connectivity index (χ3v) is 3.04. The minimum atomic E-state index is -0.735. The van der Waals surface area contributed by atoms with E-state index in [9.17, 15) is 9.59 Å². The number of piperazine rings is 1. The monoisotopic (exact) mass is 242 g/mol. The fourth-order valence-electron chi connectivity index (χ4n) is 1.94. The third kappa shape index (κ3) is 3.43. The molecule has 0 radical (unpaired) electrons. The Morgan fingerprint density at radius 3 is 2.88 bits per heavy atom. The topological polar surface area (TPSA) is 58.6 Å². The van der Waals surface area contributed by atoms with Crippen molar-refractivity contribution in [2.45, 2.75) is 39.2 Å². The molecule has 0 aromatic carbocycles. The quantitative estimate of drug-likeness (QED) is 0.716. The zero-order chi connectivity index (χ0) is 12.9. The molecular formula is C12H22N2O3. The van der Waals surface area contributed by atoms with Crippen molar-refractivity contribution >= 4 is 11.8 Å². The molecule has 17 heavy (non-hydrogen) atoms. The van der Waals surface area contributed by atoms with Crippen LogP contribution in [0.2, 0.25) is 0 Å². The average molecular weight is 242 g/mol. The lowest BCUT2D eigenvalue weighted by molar-refractivity contribution is -0.149. The molecule has 5 heteroatoms. The fraction of sp³-hybridized carbons (Fsp3) is 0.833. The van der Waals surface area contributed by atoms with Crippen LogP contribution in [-0.2, 0) is 14.3 Å². The molecule has 0 atom stereocenters. The molecule has 1 heterocycles. The van der Waals surface area contributed by atoms with Crippen LogP contribution in [0, 0.1) is 0 Å². The minimum Gasteiger partial charge on any atom is -0.382 e. The van der Waals surface area contributed by atoms with E-state index in [2.05, 4.69) is 5.32 Å². The third-order valence-electron chi connectivity index (χ3n) is 3.04. The molecule has 1 saturated heterocycles. The second-order valence-electron chi connectivity index (χ2n) is 4.66. The maximum absolute atomic E-state index is 12.0. The second-order valence-corrected chi connectivity index (χ2v) is 4.66.